The lowest BCUT2D eigenvalue weighted by Gasteiger charge is -2.16. The molecule has 34 heavy (non-hydrogen) atoms. The Balaban J connectivity index is 1.50. The summed E-state index contributed by atoms with van der Waals surface area (Å²) in [6.07, 6.45) is 6.62. The van der Waals surface area contributed by atoms with Gasteiger partial charge in [0.05, 0.1) is 15.6 Å². The summed E-state index contributed by atoms with van der Waals surface area (Å²) in [5.41, 5.74) is 9.97. The second-order valence-corrected chi connectivity index (χ2v) is 10.3. The molecule has 1 fully saturated rings. The molecule has 7 heteroatoms. The summed E-state index contributed by atoms with van der Waals surface area (Å²) in [5.74, 6) is -1.45. The average Bonchev–Trinajstić information content (AvgIpc) is 3.37. The maximum absolute atomic E-state index is 14.3. The molecule has 178 valence electrons. The van der Waals surface area contributed by atoms with Crippen LogP contribution in [-0.4, -0.2) is 4.87 Å². The fourth-order valence-electron chi connectivity index (χ4n) is 4.63. The second-order valence-electron chi connectivity index (χ2n) is 9.11. The minimum atomic E-state index is -0.887. The van der Waals surface area contributed by atoms with E-state index in [1.165, 1.54) is 17.2 Å². The van der Waals surface area contributed by atoms with Crippen LogP contribution in [0.25, 0.3) is 5.70 Å². The molecule has 3 nitrogen and oxygen atoms in total. The fourth-order valence-corrected chi connectivity index (χ4v) is 5.31. The van der Waals surface area contributed by atoms with Crippen molar-refractivity contribution >= 4 is 46.0 Å². The van der Waals surface area contributed by atoms with E-state index in [1.807, 2.05) is 13.0 Å². The molecule has 2 aliphatic rings. The SMILES string of the molecule is C=C(Nc1ccc(F)c(N)c1F)c1cc(NC(=C)C2C(C3=CCCC(C)=C3)C2(C)Cl)ccc1Cl. The summed E-state index contributed by atoms with van der Waals surface area (Å²) < 4.78 is 27.8. The van der Waals surface area contributed by atoms with Crippen LogP contribution < -0.4 is 16.4 Å². The van der Waals surface area contributed by atoms with Crippen LogP contribution in [0.4, 0.5) is 25.8 Å². The van der Waals surface area contributed by atoms with Crippen LogP contribution in [0.5, 0.6) is 0 Å². The molecule has 4 N–H and O–H groups in total. The third-order valence-corrected chi connectivity index (χ3v) is 7.32. The lowest BCUT2D eigenvalue weighted by molar-refractivity contribution is 0.594. The first-order chi connectivity index (χ1) is 16.0. The van der Waals surface area contributed by atoms with Gasteiger partial charge in [-0.3, -0.25) is 0 Å². The standard InChI is InChI=1S/C27H27Cl2F2N3/c1-14-6-5-7-17(12-14)24-23(27(24,4)29)16(3)33-18-8-9-20(28)19(13-18)15(2)34-22-11-10-21(30)26(32)25(22)31/h7-13,23-24,33-34H,2-3,5-6,32H2,1,4H3. The number of halogens is 4. The summed E-state index contributed by atoms with van der Waals surface area (Å²) in [4.78, 5) is -0.412. The van der Waals surface area contributed by atoms with Gasteiger partial charge < -0.3 is 16.4 Å². The molecule has 0 aromatic heterocycles. The van der Waals surface area contributed by atoms with E-state index in [2.05, 4.69) is 42.9 Å². The monoisotopic (exact) mass is 501 g/mol. The van der Waals surface area contributed by atoms with Gasteiger partial charge in [-0.05, 0) is 62.6 Å². The first kappa shape index (κ1) is 24.4. The predicted molar refractivity (Wildman–Crippen MR) is 140 cm³/mol. The number of alkyl halides is 1. The Bertz CT molecular complexity index is 1250. The van der Waals surface area contributed by atoms with Gasteiger partial charge in [-0.25, -0.2) is 8.78 Å². The Kier molecular flexibility index (Phi) is 6.54. The molecule has 0 spiro atoms. The number of nitrogens with one attached hydrogen (secondary N) is 2. The largest absolute Gasteiger partial charge is 0.394 e. The number of hydrogen-bond acceptors (Lipinski definition) is 3. The lowest BCUT2D eigenvalue weighted by Crippen LogP contribution is -2.07. The molecule has 2 aromatic rings. The number of rotatable bonds is 7. The molecule has 0 bridgehead atoms. The molecule has 2 aliphatic carbocycles. The molecule has 1 saturated carbocycles. The molecule has 3 unspecified atom stereocenters. The van der Waals surface area contributed by atoms with Gasteiger partial charge in [-0.15, -0.1) is 11.6 Å². The van der Waals surface area contributed by atoms with Gasteiger partial charge in [0.1, 0.15) is 11.5 Å². The van der Waals surface area contributed by atoms with Gasteiger partial charge >= 0.3 is 0 Å². The maximum atomic E-state index is 14.3. The van der Waals surface area contributed by atoms with E-state index in [0.29, 0.717) is 16.3 Å². The van der Waals surface area contributed by atoms with Crippen molar-refractivity contribution in [1.29, 1.82) is 0 Å². The third-order valence-electron chi connectivity index (χ3n) is 6.52. The summed E-state index contributed by atoms with van der Waals surface area (Å²) >= 11 is 13.2. The van der Waals surface area contributed by atoms with Gasteiger partial charge in [0, 0.05) is 34.5 Å². The van der Waals surface area contributed by atoms with Crippen molar-refractivity contribution in [1.82, 2.24) is 0 Å². The topological polar surface area (TPSA) is 50.1 Å². The van der Waals surface area contributed by atoms with Crippen LogP contribution in [0, 0.1) is 23.5 Å². The zero-order valence-corrected chi connectivity index (χ0v) is 20.6. The van der Waals surface area contributed by atoms with E-state index < -0.39 is 22.2 Å². The zero-order chi connectivity index (χ0) is 24.8. The van der Waals surface area contributed by atoms with Crippen LogP contribution in [-0.2, 0) is 0 Å². The zero-order valence-electron chi connectivity index (χ0n) is 19.1. The van der Waals surface area contributed by atoms with Crippen LogP contribution >= 0.6 is 23.2 Å². The van der Waals surface area contributed by atoms with E-state index in [0.717, 1.165) is 30.3 Å². The van der Waals surface area contributed by atoms with Gasteiger partial charge in [0.15, 0.2) is 5.82 Å². The Morgan fingerprint density at radius 3 is 2.62 bits per heavy atom. The Morgan fingerprint density at radius 1 is 1.18 bits per heavy atom. The lowest BCUT2D eigenvalue weighted by atomic mass is 9.96. The highest BCUT2D eigenvalue weighted by atomic mass is 35.5. The number of allylic oxidation sites excluding steroid dienone is 5. The predicted octanol–water partition coefficient (Wildman–Crippen LogP) is 8.12. The molecule has 0 amide bonds. The molecule has 0 radical (unpaired) electrons. The molecule has 4 rings (SSSR count). The van der Waals surface area contributed by atoms with Crippen molar-refractivity contribution < 1.29 is 8.78 Å². The second kappa shape index (κ2) is 9.12. The van der Waals surface area contributed by atoms with Crippen LogP contribution in [0.2, 0.25) is 5.02 Å². The van der Waals surface area contributed by atoms with Crippen molar-refractivity contribution in [2.24, 2.45) is 11.8 Å². The van der Waals surface area contributed by atoms with Crippen molar-refractivity contribution in [2.75, 3.05) is 16.4 Å². The summed E-state index contributed by atoms with van der Waals surface area (Å²) in [6, 6.07) is 7.68. The van der Waals surface area contributed by atoms with E-state index in [4.69, 9.17) is 28.9 Å². The Hall–Kier alpha value is -2.76. The number of nitrogens with two attached hydrogens (primary N) is 1. The van der Waals surface area contributed by atoms with Gasteiger partial charge in [0.2, 0.25) is 0 Å². The summed E-state index contributed by atoms with van der Waals surface area (Å²) in [7, 11) is 0. The smallest absolute Gasteiger partial charge is 0.172 e. The highest BCUT2D eigenvalue weighted by Gasteiger charge is 2.62. The number of hydrogen-bond donors (Lipinski definition) is 3. The number of nitrogen functional groups attached to an aromatic ring is 1. The summed E-state index contributed by atoms with van der Waals surface area (Å²) in [5, 5.41) is 6.61. The van der Waals surface area contributed by atoms with E-state index in [1.54, 1.807) is 12.1 Å². The van der Waals surface area contributed by atoms with Crippen molar-refractivity contribution in [3.8, 4) is 0 Å². The molecule has 0 aliphatic heterocycles. The summed E-state index contributed by atoms with van der Waals surface area (Å²) in [6.45, 7) is 12.4. The first-order valence-electron chi connectivity index (χ1n) is 11.0. The molecule has 2 aromatic carbocycles. The normalized spacial score (nSPS) is 23.6. The highest BCUT2D eigenvalue weighted by molar-refractivity contribution is 6.32. The van der Waals surface area contributed by atoms with Gasteiger partial charge in [-0.1, -0.05) is 42.5 Å². The third kappa shape index (κ3) is 4.59. The fraction of sp³-hybridized carbons (Fsp3) is 0.259. The number of anilines is 3. The van der Waals surface area contributed by atoms with E-state index >= 15 is 0 Å². The minimum Gasteiger partial charge on any atom is -0.394 e. The quantitative estimate of drug-likeness (QED) is 0.265. The average molecular weight is 502 g/mol. The van der Waals surface area contributed by atoms with Crippen molar-refractivity contribution in [2.45, 2.75) is 31.6 Å². The maximum Gasteiger partial charge on any atom is 0.172 e. The van der Waals surface area contributed by atoms with Crippen LogP contribution in [0.3, 0.4) is 0 Å². The van der Waals surface area contributed by atoms with Crippen molar-refractivity contribution in [3.63, 3.8) is 0 Å². The number of benzene rings is 2. The van der Waals surface area contributed by atoms with E-state index in [-0.39, 0.29) is 17.5 Å². The minimum absolute atomic E-state index is 0.00516. The molecule has 0 saturated heterocycles. The molecular weight excluding hydrogens is 475 g/mol. The molecule has 0 heterocycles. The Labute approximate surface area is 209 Å². The highest BCUT2D eigenvalue weighted by Crippen LogP contribution is 2.62. The van der Waals surface area contributed by atoms with Gasteiger partial charge in [0.25, 0.3) is 0 Å². The first-order valence-corrected chi connectivity index (χ1v) is 11.8. The van der Waals surface area contributed by atoms with E-state index in [9.17, 15) is 8.78 Å². The van der Waals surface area contributed by atoms with Crippen molar-refractivity contribution in [3.05, 3.63) is 94.7 Å². The molecule has 3 atom stereocenters. The van der Waals surface area contributed by atoms with Gasteiger partial charge in [-0.2, -0.15) is 0 Å². The molecular formula is C27H27Cl2F2N3. The Morgan fingerprint density at radius 2 is 1.91 bits per heavy atom. The van der Waals surface area contributed by atoms with Crippen LogP contribution in [0.15, 0.2) is 72.5 Å². The van der Waals surface area contributed by atoms with Crippen LogP contribution in [0.1, 0.15) is 32.3 Å².